The number of rotatable bonds is 8. The van der Waals surface area contributed by atoms with Gasteiger partial charge in [-0.15, -0.1) is 0 Å². The maximum atomic E-state index is 11.9. The predicted octanol–water partition coefficient (Wildman–Crippen LogP) is 0.615. The van der Waals surface area contributed by atoms with Crippen LogP contribution in [0.15, 0.2) is 24.3 Å². The van der Waals surface area contributed by atoms with Gasteiger partial charge in [-0.3, -0.25) is 9.59 Å². The topological polar surface area (TPSA) is 102 Å². The second kappa shape index (κ2) is 8.38. The summed E-state index contributed by atoms with van der Waals surface area (Å²) in [6, 6.07) is 6.29. The Morgan fingerprint density at radius 2 is 1.95 bits per heavy atom. The van der Waals surface area contributed by atoms with Gasteiger partial charge in [-0.2, -0.15) is 0 Å². The van der Waals surface area contributed by atoms with Crippen molar-refractivity contribution in [2.45, 2.75) is 38.8 Å². The Kier molecular flexibility index (Phi) is 6.85. The summed E-state index contributed by atoms with van der Waals surface area (Å²) in [6.45, 7) is 3.80. The van der Waals surface area contributed by atoms with Crippen LogP contribution < -0.4 is 15.8 Å². The molecule has 0 aromatic heterocycles. The molecule has 0 radical (unpaired) electrons. The summed E-state index contributed by atoms with van der Waals surface area (Å²) in [6.07, 6.45) is -0.620. The van der Waals surface area contributed by atoms with E-state index < -0.39 is 24.0 Å². The summed E-state index contributed by atoms with van der Waals surface area (Å²) in [7, 11) is 1.53. The average Bonchev–Trinajstić information content (AvgIpc) is 2.46. The third kappa shape index (κ3) is 5.37. The minimum Gasteiger partial charge on any atom is -0.496 e. The molecule has 0 heterocycles. The number of carbonyl (C=O) groups is 2. The van der Waals surface area contributed by atoms with Crippen LogP contribution in [0.3, 0.4) is 0 Å². The van der Waals surface area contributed by atoms with Crippen LogP contribution >= 0.6 is 0 Å². The van der Waals surface area contributed by atoms with E-state index in [4.69, 9.17) is 10.5 Å². The zero-order valence-electron chi connectivity index (χ0n) is 13.2. The molecule has 6 nitrogen and oxygen atoms in total. The molecule has 0 saturated heterocycles. The fourth-order valence-electron chi connectivity index (χ4n) is 2.14. The average molecular weight is 308 g/mol. The van der Waals surface area contributed by atoms with Gasteiger partial charge in [0.25, 0.3) is 0 Å². The molecule has 122 valence electrons. The lowest BCUT2D eigenvalue weighted by Crippen LogP contribution is -2.49. The lowest BCUT2D eigenvalue weighted by atomic mass is 10.0. The van der Waals surface area contributed by atoms with Crippen molar-refractivity contribution in [2.24, 2.45) is 11.7 Å². The Bertz CT molecular complexity index is 517. The van der Waals surface area contributed by atoms with E-state index in [2.05, 4.69) is 5.32 Å². The molecule has 22 heavy (non-hydrogen) atoms. The molecule has 6 heteroatoms. The number of ether oxygens (including phenoxy) is 1. The number of hydrogen-bond acceptors (Lipinski definition) is 4. The van der Waals surface area contributed by atoms with Crippen LogP contribution in [-0.4, -0.2) is 36.2 Å². The van der Waals surface area contributed by atoms with Gasteiger partial charge in [-0.25, -0.2) is 0 Å². The fraction of sp³-hybridized carbons (Fsp3) is 0.500. The van der Waals surface area contributed by atoms with E-state index in [0.717, 1.165) is 5.56 Å². The van der Waals surface area contributed by atoms with Gasteiger partial charge in [0.05, 0.1) is 7.11 Å². The van der Waals surface area contributed by atoms with Crippen molar-refractivity contribution in [1.82, 2.24) is 5.32 Å². The van der Waals surface area contributed by atoms with E-state index in [1.807, 2.05) is 26.0 Å². The van der Waals surface area contributed by atoms with Gasteiger partial charge in [0.15, 0.2) is 0 Å². The monoisotopic (exact) mass is 308 g/mol. The molecule has 1 aromatic rings. The van der Waals surface area contributed by atoms with Gasteiger partial charge in [-0.05, 0) is 24.0 Å². The molecule has 0 aliphatic rings. The molecule has 1 rings (SSSR count). The number of para-hydroxylation sites is 1. The van der Waals surface area contributed by atoms with Crippen molar-refractivity contribution >= 4 is 11.8 Å². The Morgan fingerprint density at radius 3 is 2.50 bits per heavy atom. The highest BCUT2D eigenvalue weighted by molar-refractivity contribution is 5.88. The molecule has 2 amide bonds. The molecule has 0 unspecified atom stereocenters. The largest absolute Gasteiger partial charge is 0.496 e. The molecule has 0 spiro atoms. The second-order valence-corrected chi connectivity index (χ2v) is 5.62. The van der Waals surface area contributed by atoms with Gasteiger partial charge in [0.1, 0.15) is 17.9 Å². The molecular weight excluding hydrogens is 284 g/mol. The first-order valence-electron chi connectivity index (χ1n) is 7.24. The van der Waals surface area contributed by atoms with E-state index in [1.54, 1.807) is 12.1 Å². The number of hydrogen-bond donors (Lipinski definition) is 3. The standard InChI is InChI=1S/C16H24N2O4/c1-10(2)8-13(19)16(21)18-12(15(17)20)9-11-6-4-5-7-14(11)22-3/h4-7,10,12-13,19H,8-9H2,1-3H3,(H2,17,20)(H,18,21)/t12-,13+/m0/s1. The quantitative estimate of drug-likeness (QED) is 0.655. The van der Waals surface area contributed by atoms with Crippen molar-refractivity contribution in [3.8, 4) is 5.75 Å². The SMILES string of the molecule is COc1ccccc1C[C@H](NC(=O)[C@H](O)CC(C)C)C(N)=O. The van der Waals surface area contributed by atoms with Gasteiger partial charge in [0.2, 0.25) is 11.8 Å². The Labute approximate surface area is 130 Å². The first-order chi connectivity index (χ1) is 10.3. The molecule has 4 N–H and O–H groups in total. The molecule has 0 bridgehead atoms. The number of nitrogens with two attached hydrogens (primary N) is 1. The molecule has 1 aromatic carbocycles. The van der Waals surface area contributed by atoms with Crippen LogP contribution in [0.5, 0.6) is 5.75 Å². The van der Waals surface area contributed by atoms with Crippen molar-refractivity contribution in [1.29, 1.82) is 0 Å². The lowest BCUT2D eigenvalue weighted by molar-refractivity contribution is -0.133. The lowest BCUT2D eigenvalue weighted by Gasteiger charge is -2.20. The summed E-state index contributed by atoms with van der Waals surface area (Å²) in [5, 5.41) is 12.3. The first-order valence-corrected chi connectivity index (χ1v) is 7.24. The summed E-state index contributed by atoms with van der Waals surface area (Å²) >= 11 is 0. The fourth-order valence-corrected chi connectivity index (χ4v) is 2.14. The highest BCUT2D eigenvalue weighted by Crippen LogP contribution is 2.19. The zero-order valence-corrected chi connectivity index (χ0v) is 13.2. The molecule has 0 aliphatic carbocycles. The number of carbonyl (C=O) groups excluding carboxylic acids is 2. The Hall–Kier alpha value is -2.08. The summed E-state index contributed by atoms with van der Waals surface area (Å²) in [4.78, 5) is 23.5. The number of amides is 2. The van der Waals surface area contributed by atoms with Crippen LogP contribution in [0.4, 0.5) is 0 Å². The van der Waals surface area contributed by atoms with Crippen molar-refractivity contribution in [3.05, 3.63) is 29.8 Å². The predicted molar refractivity (Wildman–Crippen MR) is 83.3 cm³/mol. The molecular formula is C16H24N2O4. The zero-order chi connectivity index (χ0) is 16.7. The minimum atomic E-state index is -1.15. The second-order valence-electron chi connectivity index (χ2n) is 5.62. The van der Waals surface area contributed by atoms with Crippen LogP contribution in [0, 0.1) is 5.92 Å². The third-order valence-electron chi connectivity index (χ3n) is 3.27. The van der Waals surface area contributed by atoms with E-state index in [-0.39, 0.29) is 12.3 Å². The minimum absolute atomic E-state index is 0.169. The Balaban J connectivity index is 2.78. The molecule has 2 atom stereocenters. The van der Waals surface area contributed by atoms with Gasteiger partial charge >= 0.3 is 0 Å². The normalized spacial score (nSPS) is 13.5. The number of aliphatic hydroxyl groups excluding tert-OH is 1. The number of primary amides is 1. The van der Waals surface area contributed by atoms with Gasteiger partial charge < -0.3 is 20.9 Å². The summed E-state index contributed by atoms with van der Waals surface area (Å²) < 4.78 is 5.22. The van der Waals surface area contributed by atoms with Gasteiger partial charge in [-0.1, -0.05) is 32.0 Å². The van der Waals surface area contributed by atoms with Crippen molar-refractivity contribution in [3.63, 3.8) is 0 Å². The molecule has 0 fully saturated rings. The van der Waals surface area contributed by atoms with E-state index in [1.165, 1.54) is 7.11 Å². The van der Waals surface area contributed by atoms with E-state index in [9.17, 15) is 14.7 Å². The number of methoxy groups -OCH3 is 1. The highest BCUT2D eigenvalue weighted by Gasteiger charge is 2.24. The van der Waals surface area contributed by atoms with Crippen LogP contribution in [0.25, 0.3) is 0 Å². The van der Waals surface area contributed by atoms with Gasteiger partial charge in [0, 0.05) is 6.42 Å². The van der Waals surface area contributed by atoms with E-state index >= 15 is 0 Å². The first kappa shape index (κ1) is 18.0. The molecule has 0 saturated carbocycles. The maximum absolute atomic E-state index is 11.9. The van der Waals surface area contributed by atoms with Crippen molar-refractivity contribution in [2.75, 3.05) is 7.11 Å². The Morgan fingerprint density at radius 1 is 1.32 bits per heavy atom. The summed E-state index contributed by atoms with van der Waals surface area (Å²) in [5.74, 6) is -0.462. The third-order valence-corrected chi connectivity index (χ3v) is 3.27. The maximum Gasteiger partial charge on any atom is 0.249 e. The number of aliphatic hydroxyl groups is 1. The van der Waals surface area contributed by atoms with Crippen LogP contribution in [-0.2, 0) is 16.0 Å². The smallest absolute Gasteiger partial charge is 0.249 e. The molecule has 0 aliphatic heterocycles. The van der Waals surface area contributed by atoms with Crippen molar-refractivity contribution < 1.29 is 19.4 Å². The number of benzene rings is 1. The van der Waals surface area contributed by atoms with Crippen LogP contribution in [0.1, 0.15) is 25.8 Å². The van der Waals surface area contributed by atoms with Crippen LogP contribution in [0.2, 0.25) is 0 Å². The van der Waals surface area contributed by atoms with E-state index in [0.29, 0.717) is 12.2 Å². The summed E-state index contributed by atoms with van der Waals surface area (Å²) in [5.41, 5.74) is 6.11. The number of nitrogens with one attached hydrogen (secondary N) is 1. The highest BCUT2D eigenvalue weighted by atomic mass is 16.5.